The number of aldehydes is 1. The monoisotopic (exact) mass is 147 g/mol. The Balaban J connectivity index is 3.09. The SMILES string of the molecule is Cc1cc(C=O)ccc1[B]O. The van der Waals surface area contributed by atoms with Crippen LogP contribution in [0.1, 0.15) is 15.9 Å². The minimum atomic E-state index is 0.633. The molecular weight excluding hydrogens is 139 g/mol. The molecule has 0 saturated heterocycles. The number of benzene rings is 1. The average Bonchev–Trinajstić information content (AvgIpc) is 2.04. The van der Waals surface area contributed by atoms with Gasteiger partial charge in [0.1, 0.15) is 6.29 Å². The third-order valence-electron chi connectivity index (χ3n) is 1.57. The van der Waals surface area contributed by atoms with E-state index in [1.807, 2.05) is 6.92 Å². The van der Waals surface area contributed by atoms with E-state index in [4.69, 9.17) is 5.02 Å². The highest BCUT2D eigenvalue weighted by Gasteiger charge is 1.98. The van der Waals surface area contributed by atoms with Crippen molar-refractivity contribution in [3.05, 3.63) is 29.3 Å². The van der Waals surface area contributed by atoms with E-state index >= 15 is 0 Å². The van der Waals surface area contributed by atoms with Crippen molar-refractivity contribution < 1.29 is 9.82 Å². The van der Waals surface area contributed by atoms with Gasteiger partial charge < -0.3 is 5.02 Å². The van der Waals surface area contributed by atoms with Crippen molar-refractivity contribution in [2.45, 2.75) is 6.92 Å². The van der Waals surface area contributed by atoms with Crippen LogP contribution in [-0.4, -0.2) is 18.8 Å². The fourth-order valence-electron chi connectivity index (χ4n) is 0.917. The first-order valence-electron chi connectivity index (χ1n) is 3.31. The molecule has 1 aromatic rings. The van der Waals surface area contributed by atoms with Gasteiger partial charge >= 0.3 is 7.48 Å². The Kier molecular flexibility index (Phi) is 2.44. The molecule has 0 fully saturated rings. The molecule has 0 spiro atoms. The van der Waals surface area contributed by atoms with Gasteiger partial charge in [0.05, 0.1) is 0 Å². The van der Waals surface area contributed by atoms with Crippen molar-refractivity contribution in [1.29, 1.82) is 0 Å². The average molecular weight is 147 g/mol. The molecule has 2 nitrogen and oxygen atoms in total. The molecule has 0 unspecified atom stereocenters. The number of hydrogen-bond acceptors (Lipinski definition) is 2. The number of rotatable bonds is 2. The Morgan fingerprint density at radius 1 is 1.55 bits per heavy atom. The Hall–Kier alpha value is -1.09. The first-order valence-corrected chi connectivity index (χ1v) is 3.31. The van der Waals surface area contributed by atoms with Crippen LogP contribution in [-0.2, 0) is 0 Å². The zero-order chi connectivity index (χ0) is 8.27. The van der Waals surface area contributed by atoms with E-state index in [1.54, 1.807) is 18.2 Å². The van der Waals surface area contributed by atoms with Crippen molar-refractivity contribution in [1.82, 2.24) is 0 Å². The number of carbonyl (C=O) groups is 1. The van der Waals surface area contributed by atoms with E-state index in [1.165, 1.54) is 0 Å². The van der Waals surface area contributed by atoms with Crippen LogP contribution < -0.4 is 5.46 Å². The van der Waals surface area contributed by atoms with Gasteiger partial charge in [-0.1, -0.05) is 23.2 Å². The second kappa shape index (κ2) is 3.35. The maximum atomic E-state index is 10.3. The number of hydrogen-bond donors (Lipinski definition) is 1. The van der Waals surface area contributed by atoms with Gasteiger partial charge in [-0.3, -0.25) is 4.79 Å². The molecule has 1 N–H and O–H groups in total. The molecule has 11 heavy (non-hydrogen) atoms. The van der Waals surface area contributed by atoms with Gasteiger partial charge in [0.15, 0.2) is 0 Å². The number of carbonyl (C=O) groups excluding carboxylic acids is 1. The maximum absolute atomic E-state index is 10.3. The van der Waals surface area contributed by atoms with Crippen molar-refractivity contribution >= 4 is 19.2 Å². The van der Waals surface area contributed by atoms with E-state index < -0.39 is 0 Å². The lowest BCUT2D eigenvalue weighted by atomic mass is 9.84. The minimum Gasteiger partial charge on any atom is -0.450 e. The van der Waals surface area contributed by atoms with Gasteiger partial charge in [0.2, 0.25) is 0 Å². The Bertz CT molecular complexity index is 271. The van der Waals surface area contributed by atoms with Gasteiger partial charge in [0, 0.05) is 5.56 Å². The molecule has 0 atom stereocenters. The predicted molar refractivity (Wildman–Crippen MR) is 44.2 cm³/mol. The van der Waals surface area contributed by atoms with Crippen LogP contribution >= 0.6 is 0 Å². The lowest BCUT2D eigenvalue weighted by Gasteiger charge is -1.99. The van der Waals surface area contributed by atoms with Crippen LogP contribution in [0.15, 0.2) is 18.2 Å². The molecule has 0 aromatic heterocycles. The van der Waals surface area contributed by atoms with Crippen LogP contribution in [0.5, 0.6) is 0 Å². The lowest BCUT2D eigenvalue weighted by molar-refractivity contribution is 0.112. The van der Waals surface area contributed by atoms with Gasteiger partial charge in [-0.15, -0.1) is 0 Å². The van der Waals surface area contributed by atoms with Crippen LogP contribution in [0.2, 0.25) is 0 Å². The highest BCUT2D eigenvalue weighted by atomic mass is 16.2. The summed E-state index contributed by atoms with van der Waals surface area (Å²) in [4.78, 5) is 10.3. The van der Waals surface area contributed by atoms with Gasteiger partial charge in [0.25, 0.3) is 0 Å². The molecule has 0 aliphatic carbocycles. The first kappa shape index (κ1) is 8.02. The summed E-state index contributed by atoms with van der Waals surface area (Å²) < 4.78 is 0. The van der Waals surface area contributed by atoms with Crippen molar-refractivity contribution in [3.8, 4) is 0 Å². The van der Waals surface area contributed by atoms with Gasteiger partial charge in [-0.05, 0) is 13.0 Å². The molecule has 55 valence electrons. The minimum absolute atomic E-state index is 0.633. The van der Waals surface area contributed by atoms with Crippen LogP contribution in [0, 0.1) is 6.92 Å². The van der Waals surface area contributed by atoms with Crippen molar-refractivity contribution in [2.75, 3.05) is 0 Å². The molecule has 0 bridgehead atoms. The third kappa shape index (κ3) is 1.68. The zero-order valence-electron chi connectivity index (χ0n) is 6.24. The summed E-state index contributed by atoms with van der Waals surface area (Å²) in [7, 11) is 1.03. The molecule has 1 aromatic carbocycles. The highest BCUT2D eigenvalue weighted by Crippen LogP contribution is 1.97. The fourth-order valence-corrected chi connectivity index (χ4v) is 0.917. The molecule has 0 heterocycles. The maximum Gasteiger partial charge on any atom is 0.327 e. The third-order valence-corrected chi connectivity index (χ3v) is 1.57. The Labute approximate surface area is 66.1 Å². The molecule has 0 amide bonds. The summed E-state index contributed by atoms with van der Waals surface area (Å²) in [6.07, 6.45) is 0.786. The molecule has 1 rings (SSSR count). The zero-order valence-corrected chi connectivity index (χ0v) is 6.24. The molecule has 0 aliphatic heterocycles. The van der Waals surface area contributed by atoms with E-state index in [0.29, 0.717) is 5.56 Å². The van der Waals surface area contributed by atoms with Gasteiger partial charge in [-0.25, -0.2) is 0 Å². The number of aryl methyl sites for hydroxylation is 1. The summed E-state index contributed by atoms with van der Waals surface area (Å²) in [6, 6.07) is 5.11. The first-order chi connectivity index (χ1) is 5.27. The van der Waals surface area contributed by atoms with Gasteiger partial charge in [-0.2, -0.15) is 0 Å². The van der Waals surface area contributed by atoms with E-state index in [0.717, 1.165) is 24.8 Å². The quantitative estimate of drug-likeness (QED) is 0.473. The van der Waals surface area contributed by atoms with Crippen molar-refractivity contribution in [3.63, 3.8) is 0 Å². The fraction of sp³-hybridized carbons (Fsp3) is 0.125. The van der Waals surface area contributed by atoms with E-state index in [9.17, 15) is 4.79 Å². The molecule has 1 radical (unpaired) electrons. The standard InChI is InChI=1S/C8H8BO2/c1-6-4-7(5-10)2-3-8(6)9-11/h2-5,11H,1H3. The summed E-state index contributed by atoms with van der Waals surface area (Å²) in [5.41, 5.74) is 2.28. The van der Waals surface area contributed by atoms with Crippen LogP contribution in [0.4, 0.5) is 0 Å². The Morgan fingerprint density at radius 3 is 2.73 bits per heavy atom. The second-order valence-electron chi connectivity index (χ2n) is 2.36. The highest BCUT2D eigenvalue weighted by molar-refractivity contribution is 6.46. The summed E-state index contributed by atoms with van der Waals surface area (Å²) in [5, 5.41) is 8.67. The summed E-state index contributed by atoms with van der Waals surface area (Å²) in [6.45, 7) is 1.84. The predicted octanol–water partition coefficient (Wildman–Crippen LogP) is 0.0443. The van der Waals surface area contributed by atoms with Crippen LogP contribution in [0.25, 0.3) is 0 Å². The second-order valence-corrected chi connectivity index (χ2v) is 2.36. The summed E-state index contributed by atoms with van der Waals surface area (Å²) in [5.74, 6) is 0. The lowest BCUT2D eigenvalue weighted by Crippen LogP contribution is -2.16. The normalized spacial score (nSPS) is 9.27. The molecule has 0 saturated carbocycles. The van der Waals surface area contributed by atoms with Crippen molar-refractivity contribution in [2.24, 2.45) is 0 Å². The molecule has 3 heteroatoms. The van der Waals surface area contributed by atoms with Crippen LogP contribution in [0.3, 0.4) is 0 Å². The van der Waals surface area contributed by atoms with E-state index in [-0.39, 0.29) is 0 Å². The largest absolute Gasteiger partial charge is 0.450 e. The topological polar surface area (TPSA) is 37.3 Å². The smallest absolute Gasteiger partial charge is 0.327 e. The van der Waals surface area contributed by atoms with E-state index in [2.05, 4.69) is 0 Å². The molecule has 0 aliphatic rings. The Morgan fingerprint density at radius 2 is 2.27 bits per heavy atom. The molecular formula is C8H8BO2. The summed E-state index contributed by atoms with van der Waals surface area (Å²) >= 11 is 0.